The molecular formula is C14H24N4+. The number of amidine groups is 1. The summed E-state index contributed by atoms with van der Waals surface area (Å²) >= 11 is 0. The molecule has 4 nitrogen and oxygen atoms in total. The highest BCUT2D eigenvalue weighted by Gasteiger charge is 2.40. The van der Waals surface area contributed by atoms with Gasteiger partial charge in [0, 0.05) is 13.0 Å². The molecule has 4 heteroatoms. The van der Waals surface area contributed by atoms with Crippen LogP contribution in [0, 0.1) is 5.92 Å². The van der Waals surface area contributed by atoms with E-state index in [-0.39, 0.29) is 0 Å². The molecule has 0 saturated carbocycles. The second-order valence-corrected chi connectivity index (χ2v) is 5.23. The van der Waals surface area contributed by atoms with E-state index in [4.69, 9.17) is 5.10 Å². The first-order valence-electron chi connectivity index (χ1n) is 6.99. The maximum absolute atomic E-state index is 4.74. The van der Waals surface area contributed by atoms with Crippen LogP contribution in [0.1, 0.15) is 46.5 Å². The minimum atomic E-state index is 0.545. The number of allylic oxidation sites excluding steroid dienone is 1. The predicted octanol–water partition coefficient (Wildman–Crippen LogP) is 2.88. The Morgan fingerprint density at radius 2 is 2.00 bits per heavy atom. The monoisotopic (exact) mass is 248 g/mol. The zero-order chi connectivity index (χ0) is 13.1. The molecule has 0 bridgehead atoms. The van der Waals surface area contributed by atoms with E-state index in [1.165, 1.54) is 31.4 Å². The van der Waals surface area contributed by atoms with Gasteiger partial charge in [0.05, 0.1) is 0 Å². The number of hydrazone groups is 1. The van der Waals surface area contributed by atoms with E-state index in [1.807, 2.05) is 12.1 Å². The molecule has 2 heterocycles. The minimum absolute atomic E-state index is 0.545. The Morgan fingerprint density at radius 3 is 2.61 bits per heavy atom. The van der Waals surface area contributed by atoms with Crippen molar-refractivity contribution in [3.05, 3.63) is 11.9 Å². The fourth-order valence-electron chi connectivity index (χ4n) is 2.72. The molecule has 0 saturated heterocycles. The Labute approximate surface area is 110 Å². The Morgan fingerprint density at radius 1 is 1.33 bits per heavy atom. The Balaban J connectivity index is 2.25. The molecule has 0 amide bonds. The van der Waals surface area contributed by atoms with Gasteiger partial charge < -0.3 is 0 Å². The fraction of sp³-hybridized carbons (Fsp3) is 0.714. The molecule has 0 N–H and O–H groups in total. The van der Waals surface area contributed by atoms with Crippen molar-refractivity contribution in [2.45, 2.75) is 46.5 Å². The van der Waals surface area contributed by atoms with Crippen LogP contribution in [-0.2, 0) is 0 Å². The van der Waals surface area contributed by atoms with Gasteiger partial charge in [-0.15, -0.1) is 0 Å². The third-order valence-electron chi connectivity index (χ3n) is 3.42. The van der Waals surface area contributed by atoms with Crippen LogP contribution in [0.4, 0.5) is 0 Å². The lowest BCUT2D eigenvalue weighted by Crippen LogP contribution is -2.48. The first kappa shape index (κ1) is 13.3. The maximum atomic E-state index is 4.74. The van der Waals surface area contributed by atoms with Crippen LogP contribution < -0.4 is 4.90 Å². The summed E-state index contributed by atoms with van der Waals surface area (Å²) in [4.78, 5) is 6.88. The largest absolute Gasteiger partial charge is 0.307 e. The summed E-state index contributed by atoms with van der Waals surface area (Å²) in [5, 5.41) is 6.76. The second kappa shape index (κ2) is 5.65. The van der Waals surface area contributed by atoms with Crippen LogP contribution in [-0.4, -0.2) is 30.3 Å². The molecule has 0 spiro atoms. The van der Waals surface area contributed by atoms with E-state index < -0.39 is 0 Å². The Bertz CT molecular complexity index is 389. The predicted molar refractivity (Wildman–Crippen MR) is 76.7 cm³/mol. The molecule has 0 aromatic heterocycles. The van der Waals surface area contributed by atoms with Gasteiger partial charge in [0.2, 0.25) is 6.67 Å². The van der Waals surface area contributed by atoms with Gasteiger partial charge in [-0.1, -0.05) is 31.6 Å². The number of aliphatic imine (C=N–C) groups is 1. The van der Waals surface area contributed by atoms with Gasteiger partial charge in [0.25, 0.3) is 0 Å². The zero-order valence-corrected chi connectivity index (χ0v) is 12.0. The summed E-state index contributed by atoms with van der Waals surface area (Å²) in [6, 6.07) is 0. The molecule has 0 unspecified atom stereocenters. The molecule has 99 valence electrons. The smallest absolute Gasteiger partial charge is 0.244 e. The second-order valence-electron chi connectivity index (χ2n) is 5.23. The van der Waals surface area contributed by atoms with E-state index in [0.29, 0.717) is 5.92 Å². The number of fused-ring (bicyclic) bond motifs is 1. The van der Waals surface area contributed by atoms with Gasteiger partial charge in [0.1, 0.15) is 5.70 Å². The minimum Gasteiger partial charge on any atom is -0.244 e. The summed E-state index contributed by atoms with van der Waals surface area (Å²) in [6.07, 6.45) is 6.93. The third-order valence-corrected chi connectivity index (χ3v) is 3.42. The van der Waals surface area contributed by atoms with E-state index in [1.54, 1.807) is 0 Å². The van der Waals surface area contributed by atoms with Crippen LogP contribution >= 0.6 is 0 Å². The SMILES string of the molecule is CCCC(CCC)C1=NN(C)C[N+]2C=C(C)N=C12. The average Bonchev–Trinajstić information content (AvgIpc) is 2.68. The van der Waals surface area contributed by atoms with Crippen molar-refractivity contribution in [2.75, 3.05) is 13.7 Å². The summed E-state index contributed by atoms with van der Waals surface area (Å²) in [5.74, 6) is 1.63. The lowest BCUT2D eigenvalue weighted by Gasteiger charge is -2.25. The van der Waals surface area contributed by atoms with E-state index >= 15 is 0 Å². The van der Waals surface area contributed by atoms with Crippen LogP contribution in [0.5, 0.6) is 0 Å². The van der Waals surface area contributed by atoms with Crippen molar-refractivity contribution < 1.29 is 0 Å². The summed E-state index contributed by atoms with van der Waals surface area (Å²) in [6.45, 7) is 7.35. The zero-order valence-electron chi connectivity index (χ0n) is 12.0. The average molecular weight is 248 g/mol. The van der Waals surface area contributed by atoms with Gasteiger partial charge in [-0.3, -0.25) is 0 Å². The fourth-order valence-corrected chi connectivity index (χ4v) is 2.72. The highest BCUT2D eigenvalue weighted by atomic mass is 15.5. The highest BCUT2D eigenvalue weighted by Crippen LogP contribution is 2.23. The van der Waals surface area contributed by atoms with Crippen molar-refractivity contribution in [3.63, 3.8) is 0 Å². The van der Waals surface area contributed by atoms with Crippen LogP contribution in [0.25, 0.3) is 0 Å². The number of hydrogen-bond donors (Lipinski definition) is 0. The topological polar surface area (TPSA) is 33.9 Å². The molecule has 18 heavy (non-hydrogen) atoms. The van der Waals surface area contributed by atoms with Crippen molar-refractivity contribution >= 4 is 11.5 Å². The van der Waals surface area contributed by atoms with Crippen molar-refractivity contribution in [1.82, 2.24) is 9.91 Å². The molecule has 2 aliphatic heterocycles. The summed E-state index contributed by atoms with van der Waals surface area (Å²) < 4.78 is 0. The lowest BCUT2D eigenvalue weighted by molar-refractivity contribution is 0.303. The standard InChI is InChI=1S/C14H24N4/c1-5-7-12(8-6-2)13-14-15-11(3)9-18(14)10-17(4)16-13/h9,12H,5-8,10H2,1-4H3/q+1. The van der Waals surface area contributed by atoms with Gasteiger partial charge in [-0.25, -0.2) is 5.01 Å². The van der Waals surface area contributed by atoms with Crippen molar-refractivity contribution in [3.8, 4) is 0 Å². The molecular weight excluding hydrogens is 224 g/mol. The van der Waals surface area contributed by atoms with Crippen LogP contribution in [0.3, 0.4) is 0 Å². The Kier molecular flexibility index (Phi) is 4.17. The number of hydrogen-bond acceptors (Lipinski definition) is 4. The number of nitrogens with zero attached hydrogens (tertiary/aromatic N) is 4. The van der Waals surface area contributed by atoms with Crippen LogP contribution in [0.2, 0.25) is 0 Å². The molecule has 1 radical (unpaired) electrons. The molecule has 0 aromatic carbocycles. The normalized spacial score (nSPS) is 19.8. The molecule has 0 fully saturated rings. The first-order chi connectivity index (χ1) is 8.65. The highest BCUT2D eigenvalue weighted by molar-refractivity contribution is 6.44. The summed E-state index contributed by atoms with van der Waals surface area (Å²) in [5.41, 5.74) is 2.26. The molecule has 2 rings (SSSR count). The van der Waals surface area contributed by atoms with Crippen molar-refractivity contribution in [1.29, 1.82) is 0 Å². The molecule has 0 aliphatic carbocycles. The Hall–Kier alpha value is -1.16. The van der Waals surface area contributed by atoms with Gasteiger partial charge in [-0.05, 0) is 19.8 Å². The third kappa shape index (κ3) is 2.64. The van der Waals surface area contributed by atoms with E-state index in [9.17, 15) is 0 Å². The molecule has 2 aliphatic rings. The molecule has 0 atom stereocenters. The van der Waals surface area contributed by atoms with E-state index in [2.05, 4.69) is 36.9 Å². The quantitative estimate of drug-likeness (QED) is 0.689. The van der Waals surface area contributed by atoms with E-state index in [0.717, 1.165) is 18.2 Å². The molecule has 0 aromatic rings. The summed E-state index contributed by atoms with van der Waals surface area (Å²) in [7, 11) is 2.03. The van der Waals surface area contributed by atoms with Crippen molar-refractivity contribution in [2.24, 2.45) is 16.0 Å². The first-order valence-corrected chi connectivity index (χ1v) is 6.99. The van der Waals surface area contributed by atoms with Gasteiger partial charge in [0.15, 0.2) is 11.9 Å². The van der Waals surface area contributed by atoms with Gasteiger partial charge >= 0.3 is 5.84 Å². The maximum Gasteiger partial charge on any atom is 0.307 e. The number of rotatable bonds is 5. The van der Waals surface area contributed by atoms with Crippen LogP contribution in [0.15, 0.2) is 22.0 Å². The van der Waals surface area contributed by atoms with Gasteiger partial charge in [-0.2, -0.15) is 10.1 Å². The lowest BCUT2D eigenvalue weighted by atomic mass is 9.92.